The number of ether oxygens (including phenoxy) is 1. The first-order valence-electron chi connectivity index (χ1n) is 10.9. The summed E-state index contributed by atoms with van der Waals surface area (Å²) in [5.41, 5.74) is 7.26. The molecule has 1 aliphatic heterocycles. The van der Waals surface area contributed by atoms with Gasteiger partial charge < -0.3 is 14.7 Å². The lowest BCUT2D eigenvalue weighted by Gasteiger charge is -2.30. The summed E-state index contributed by atoms with van der Waals surface area (Å²) in [4.78, 5) is 14.7. The van der Waals surface area contributed by atoms with Crippen molar-refractivity contribution in [3.63, 3.8) is 0 Å². The molecule has 1 N–H and O–H groups in total. The van der Waals surface area contributed by atoms with Crippen LogP contribution >= 0.6 is 0 Å². The van der Waals surface area contributed by atoms with Crippen molar-refractivity contribution in [1.82, 2.24) is 4.90 Å². The van der Waals surface area contributed by atoms with Crippen LogP contribution in [0.2, 0.25) is 0 Å². The van der Waals surface area contributed by atoms with Crippen molar-refractivity contribution < 1.29 is 14.6 Å². The summed E-state index contributed by atoms with van der Waals surface area (Å²) in [5.74, 6) is 0.0720. The molecule has 31 heavy (non-hydrogen) atoms. The van der Waals surface area contributed by atoms with E-state index < -0.39 is 5.60 Å². The second kappa shape index (κ2) is 7.54. The molecule has 5 rings (SSSR count). The average molecular weight is 414 g/mol. The quantitative estimate of drug-likeness (QED) is 0.640. The lowest BCUT2D eigenvalue weighted by atomic mass is 9.91. The lowest BCUT2D eigenvalue weighted by Crippen LogP contribution is -2.37. The molecule has 158 valence electrons. The van der Waals surface area contributed by atoms with E-state index in [1.165, 1.54) is 27.8 Å². The van der Waals surface area contributed by atoms with E-state index in [1.807, 2.05) is 24.3 Å². The molecule has 3 aromatic carbocycles. The predicted molar refractivity (Wildman–Crippen MR) is 121 cm³/mol. The fourth-order valence-electron chi connectivity index (χ4n) is 4.77. The summed E-state index contributed by atoms with van der Waals surface area (Å²) in [6.07, 6.45) is 0.503. The SMILES string of the molecule is CC(C)(O)c1ccc2c(c1)CCN(C(=O)OCC1c3ccccc3-c3ccccc31)C2. The third kappa shape index (κ3) is 3.61. The number of nitrogens with zero attached hydrogens (tertiary/aromatic N) is 1. The molecular weight excluding hydrogens is 386 g/mol. The third-order valence-electron chi connectivity index (χ3n) is 6.52. The second-order valence-electron chi connectivity index (χ2n) is 9.02. The zero-order valence-electron chi connectivity index (χ0n) is 18.0. The fraction of sp³-hybridized carbons (Fsp3) is 0.296. The maximum atomic E-state index is 12.9. The second-order valence-corrected chi connectivity index (χ2v) is 9.02. The minimum Gasteiger partial charge on any atom is -0.448 e. The Labute approximate surface area is 183 Å². The number of hydrogen-bond acceptors (Lipinski definition) is 3. The molecule has 2 aliphatic rings. The number of benzene rings is 3. The molecule has 1 heterocycles. The maximum Gasteiger partial charge on any atom is 0.410 e. The molecule has 0 fully saturated rings. The van der Waals surface area contributed by atoms with Gasteiger partial charge in [-0.2, -0.15) is 0 Å². The van der Waals surface area contributed by atoms with E-state index in [2.05, 4.69) is 42.5 Å². The minimum absolute atomic E-state index is 0.0720. The van der Waals surface area contributed by atoms with E-state index in [1.54, 1.807) is 18.7 Å². The number of aliphatic hydroxyl groups is 1. The van der Waals surface area contributed by atoms with Crippen LogP contribution in [0.4, 0.5) is 4.79 Å². The Hall–Kier alpha value is -3.11. The van der Waals surface area contributed by atoms with Gasteiger partial charge in [-0.25, -0.2) is 4.79 Å². The Bertz CT molecular complexity index is 1100. The summed E-state index contributed by atoms with van der Waals surface area (Å²) in [6, 6.07) is 22.8. The largest absolute Gasteiger partial charge is 0.448 e. The molecule has 4 heteroatoms. The van der Waals surface area contributed by atoms with Crippen LogP contribution in [0.25, 0.3) is 11.1 Å². The predicted octanol–water partition coefficient (Wildman–Crippen LogP) is 5.22. The Morgan fingerprint density at radius 3 is 2.29 bits per heavy atom. The van der Waals surface area contributed by atoms with Crippen molar-refractivity contribution in [1.29, 1.82) is 0 Å². The van der Waals surface area contributed by atoms with Crippen molar-refractivity contribution in [2.75, 3.05) is 13.2 Å². The summed E-state index contributed by atoms with van der Waals surface area (Å²) < 4.78 is 5.82. The number of hydrogen-bond donors (Lipinski definition) is 1. The minimum atomic E-state index is -0.862. The van der Waals surface area contributed by atoms with Crippen molar-refractivity contribution in [2.45, 2.75) is 38.3 Å². The molecule has 0 unspecified atom stereocenters. The Kier molecular flexibility index (Phi) is 4.82. The highest BCUT2D eigenvalue weighted by atomic mass is 16.6. The number of rotatable bonds is 3. The summed E-state index contributed by atoms with van der Waals surface area (Å²) in [5, 5.41) is 10.3. The van der Waals surface area contributed by atoms with Crippen LogP contribution in [-0.2, 0) is 23.3 Å². The van der Waals surface area contributed by atoms with Crippen LogP contribution in [0, 0.1) is 0 Å². The van der Waals surface area contributed by atoms with Gasteiger partial charge >= 0.3 is 6.09 Å². The van der Waals surface area contributed by atoms with E-state index >= 15 is 0 Å². The molecule has 0 aromatic heterocycles. The number of fused-ring (bicyclic) bond motifs is 4. The lowest BCUT2D eigenvalue weighted by molar-refractivity contribution is 0.0780. The summed E-state index contributed by atoms with van der Waals surface area (Å²) in [6.45, 7) is 5.09. The van der Waals surface area contributed by atoms with Gasteiger partial charge in [-0.1, -0.05) is 66.7 Å². The standard InChI is InChI=1S/C27H27NO3/c1-27(2,30)20-12-11-19-16-28(14-13-18(19)15-20)26(29)31-17-25-23-9-5-3-7-21(23)22-8-4-6-10-24(22)25/h3-12,15,25,30H,13-14,16-17H2,1-2H3. The highest BCUT2D eigenvalue weighted by Gasteiger charge is 2.30. The van der Waals surface area contributed by atoms with E-state index in [9.17, 15) is 9.90 Å². The normalized spacial score (nSPS) is 15.3. The molecule has 0 saturated heterocycles. The van der Waals surface area contributed by atoms with Crippen molar-refractivity contribution in [2.24, 2.45) is 0 Å². The van der Waals surface area contributed by atoms with Gasteiger partial charge in [0, 0.05) is 19.0 Å². The molecule has 3 aromatic rings. The van der Waals surface area contributed by atoms with Crippen molar-refractivity contribution in [3.05, 3.63) is 94.5 Å². The highest BCUT2D eigenvalue weighted by Crippen LogP contribution is 2.44. The maximum absolute atomic E-state index is 12.9. The van der Waals surface area contributed by atoms with Crippen LogP contribution in [0.3, 0.4) is 0 Å². The van der Waals surface area contributed by atoms with Gasteiger partial charge in [-0.15, -0.1) is 0 Å². The number of amides is 1. The Balaban J connectivity index is 1.29. The van der Waals surface area contributed by atoms with Crippen LogP contribution in [0.1, 0.15) is 47.6 Å². The molecule has 0 spiro atoms. The Morgan fingerprint density at radius 2 is 1.65 bits per heavy atom. The number of carbonyl (C=O) groups is 1. The van der Waals surface area contributed by atoms with Crippen LogP contribution in [0.5, 0.6) is 0 Å². The van der Waals surface area contributed by atoms with Crippen molar-refractivity contribution >= 4 is 6.09 Å². The van der Waals surface area contributed by atoms with Gasteiger partial charge in [-0.3, -0.25) is 0 Å². The van der Waals surface area contributed by atoms with Crippen LogP contribution < -0.4 is 0 Å². The molecule has 4 nitrogen and oxygen atoms in total. The zero-order chi connectivity index (χ0) is 21.6. The van der Waals surface area contributed by atoms with Gasteiger partial charge in [0.15, 0.2) is 0 Å². The first kappa shape index (κ1) is 19.8. The van der Waals surface area contributed by atoms with E-state index in [0.717, 1.165) is 17.5 Å². The number of carbonyl (C=O) groups excluding carboxylic acids is 1. The molecular formula is C27H27NO3. The van der Waals surface area contributed by atoms with Crippen molar-refractivity contribution in [3.8, 4) is 11.1 Å². The van der Waals surface area contributed by atoms with Gasteiger partial charge in [-0.05, 0) is 59.2 Å². The molecule has 0 radical (unpaired) electrons. The molecule has 1 amide bonds. The Morgan fingerprint density at radius 1 is 1.00 bits per heavy atom. The first-order valence-corrected chi connectivity index (χ1v) is 10.9. The van der Waals surface area contributed by atoms with E-state index in [-0.39, 0.29) is 12.0 Å². The van der Waals surface area contributed by atoms with Crippen LogP contribution in [0.15, 0.2) is 66.7 Å². The molecule has 0 atom stereocenters. The molecule has 0 saturated carbocycles. The third-order valence-corrected chi connectivity index (χ3v) is 6.52. The van der Waals surface area contributed by atoms with Gasteiger partial charge in [0.05, 0.1) is 5.60 Å². The topological polar surface area (TPSA) is 49.8 Å². The van der Waals surface area contributed by atoms with Gasteiger partial charge in [0.1, 0.15) is 6.61 Å². The fourth-order valence-corrected chi connectivity index (χ4v) is 4.77. The van der Waals surface area contributed by atoms with Crippen LogP contribution in [-0.4, -0.2) is 29.3 Å². The monoisotopic (exact) mass is 413 g/mol. The summed E-state index contributed by atoms with van der Waals surface area (Å²) in [7, 11) is 0. The molecule has 1 aliphatic carbocycles. The smallest absolute Gasteiger partial charge is 0.410 e. The first-order chi connectivity index (χ1) is 14.9. The zero-order valence-corrected chi connectivity index (χ0v) is 18.0. The van der Waals surface area contributed by atoms with Gasteiger partial charge in [0.25, 0.3) is 0 Å². The van der Waals surface area contributed by atoms with E-state index in [4.69, 9.17) is 4.74 Å². The molecule has 0 bridgehead atoms. The highest BCUT2D eigenvalue weighted by molar-refractivity contribution is 5.79. The summed E-state index contributed by atoms with van der Waals surface area (Å²) >= 11 is 0. The van der Waals surface area contributed by atoms with Gasteiger partial charge in [0.2, 0.25) is 0 Å². The average Bonchev–Trinajstić information content (AvgIpc) is 3.10. The van der Waals surface area contributed by atoms with E-state index in [0.29, 0.717) is 19.7 Å².